The molecule has 12 heteroatoms. The lowest BCUT2D eigenvalue weighted by Crippen LogP contribution is -2.49. The van der Waals surface area contributed by atoms with Gasteiger partial charge in [0.05, 0.1) is 40.3 Å². The van der Waals surface area contributed by atoms with E-state index in [0.717, 1.165) is 38.1 Å². The van der Waals surface area contributed by atoms with Crippen LogP contribution in [0.4, 0.5) is 11.5 Å². The van der Waals surface area contributed by atoms with Gasteiger partial charge in [-0.1, -0.05) is 48.4 Å². The number of thiophene rings is 1. The van der Waals surface area contributed by atoms with E-state index in [9.17, 15) is 19.5 Å². The number of anilines is 2. The lowest BCUT2D eigenvalue weighted by Gasteiger charge is -2.49. The monoisotopic (exact) mass is 788 g/mol. The van der Waals surface area contributed by atoms with Crippen molar-refractivity contribution in [2.24, 2.45) is 36.1 Å². The maximum absolute atomic E-state index is 15.2. The number of aromatic hydroxyl groups is 1. The average molecular weight is 789 g/mol. The molecule has 56 heavy (non-hydrogen) atoms. The molecule has 6 unspecified atom stereocenters. The van der Waals surface area contributed by atoms with Crippen LogP contribution in [0.3, 0.4) is 0 Å². The fraction of sp³-hybridized carbons (Fsp3) is 0.341. The molecular weight excluding hydrogens is 748 g/mol. The molecule has 4 aliphatic rings. The number of benzene rings is 3. The maximum Gasteiger partial charge on any atom is 0.242 e. The van der Waals surface area contributed by atoms with E-state index in [2.05, 4.69) is 0 Å². The third-order valence-electron chi connectivity index (χ3n) is 12.7. The number of aromatic nitrogens is 2. The SMILES string of the molecule is CCOc1cc(C2C3=CCC4C(=O)N(c5ccc(CC)cc5)C(=O)C4C3CC3C(=O)N(c4cc(-c5sc6ccc(Cl)cc6c5C)nn4C)C(=O)C32C)ccc1O. The van der Waals surface area contributed by atoms with Gasteiger partial charge in [-0.3, -0.25) is 28.8 Å². The molecule has 3 fully saturated rings. The van der Waals surface area contributed by atoms with E-state index in [0.29, 0.717) is 40.8 Å². The van der Waals surface area contributed by atoms with Gasteiger partial charge in [0.1, 0.15) is 11.5 Å². The third-order valence-corrected chi connectivity index (χ3v) is 14.2. The minimum Gasteiger partial charge on any atom is -0.504 e. The molecule has 9 rings (SSSR count). The number of carbonyl (C=O) groups is 4. The first-order chi connectivity index (χ1) is 26.9. The predicted octanol–water partition coefficient (Wildman–Crippen LogP) is 8.37. The minimum absolute atomic E-state index is 0.0414. The minimum atomic E-state index is -1.28. The maximum atomic E-state index is 15.2. The van der Waals surface area contributed by atoms with Gasteiger partial charge in [0.25, 0.3) is 0 Å². The molecule has 1 saturated carbocycles. The number of aryl methyl sites for hydroxylation is 3. The highest BCUT2D eigenvalue weighted by molar-refractivity contribution is 7.22. The van der Waals surface area contributed by atoms with E-state index in [1.165, 1.54) is 9.80 Å². The number of phenolic OH excluding ortho intramolecular Hbond substituents is 1. The number of fused-ring (bicyclic) bond motifs is 5. The summed E-state index contributed by atoms with van der Waals surface area (Å²) in [5.74, 6) is -3.95. The molecule has 6 atom stereocenters. The first-order valence-corrected chi connectivity index (χ1v) is 20.3. The van der Waals surface area contributed by atoms with Crippen LogP contribution in [0.25, 0.3) is 20.7 Å². The normalized spacial score (nSPS) is 25.8. The molecule has 3 aromatic carbocycles. The van der Waals surface area contributed by atoms with Crippen molar-refractivity contribution in [3.05, 3.63) is 100 Å². The van der Waals surface area contributed by atoms with Crippen molar-refractivity contribution < 1.29 is 29.0 Å². The van der Waals surface area contributed by atoms with Crippen molar-refractivity contribution >= 4 is 68.2 Å². The van der Waals surface area contributed by atoms with E-state index < -0.39 is 35.0 Å². The van der Waals surface area contributed by atoms with Crippen LogP contribution in [-0.4, -0.2) is 45.1 Å². The Kier molecular flexibility index (Phi) is 8.55. The van der Waals surface area contributed by atoms with Crippen LogP contribution >= 0.6 is 22.9 Å². The largest absolute Gasteiger partial charge is 0.504 e. The fourth-order valence-corrected chi connectivity index (χ4v) is 11.3. The van der Waals surface area contributed by atoms with Gasteiger partial charge < -0.3 is 9.84 Å². The first kappa shape index (κ1) is 36.4. The van der Waals surface area contributed by atoms with Gasteiger partial charge in [-0.15, -0.1) is 11.3 Å². The van der Waals surface area contributed by atoms with E-state index in [4.69, 9.17) is 21.4 Å². The number of imide groups is 2. The Hall–Kier alpha value is -5.26. The standard InChI is InChI=1S/C44H41ClN4O6S/c1-6-23-8-12-26(13-9-23)48-40(51)28-15-14-27-30(37(28)42(48)53)20-31-41(52)49(43(54)44(31,4)38(27)24-10-16-33(50)34(18-24)55-7-2)36-21-32(46-47(36)5)39-22(3)29-19-25(45)11-17-35(29)56-39/h8-14,16-19,21,28,30-31,37-38,50H,6-7,15,20H2,1-5H3. The molecular formula is C44H41ClN4O6S. The Morgan fingerprint density at radius 2 is 1.71 bits per heavy atom. The molecule has 2 saturated heterocycles. The Morgan fingerprint density at radius 1 is 0.946 bits per heavy atom. The summed E-state index contributed by atoms with van der Waals surface area (Å²) in [7, 11) is 1.73. The van der Waals surface area contributed by atoms with Crippen LogP contribution in [0.5, 0.6) is 11.5 Å². The zero-order valence-corrected chi connectivity index (χ0v) is 33.3. The number of phenols is 1. The van der Waals surface area contributed by atoms with Crippen molar-refractivity contribution in [3.63, 3.8) is 0 Å². The van der Waals surface area contributed by atoms with Gasteiger partial charge in [0, 0.05) is 28.8 Å². The molecule has 4 amide bonds. The van der Waals surface area contributed by atoms with E-state index in [-0.39, 0.29) is 41.5 Å². The molecule has 1 N–H and O–H groups in total. The Labute approximate surface area is 333 Å². The lowest BCUT2D eigenvalue weighted by molar-refractivity contribution is -0.131. The summed E-state index contributed by atoms with van der Waals surface area (Å²) < 4.78 is 8.44. The highest BCUT2D eigenvalue weighted by atomic mass is 35.5. The fourth-order valence-electron chi connectivity index (χ4n) is 9.95. The summed E-state index contributed by atoms with van der Waals surface area (Å²) in [6.07, 6.45) is 3.41. The summed E-state index contributed by atoms with van der Waals surface area (Å²) in [5, 5.41) is 17.2. The summed E-state index contributed by atoms with van der Waals surface area (Å²) in [4.78, 5) is 62.3. The highest BCUT2D eigenvalue weighted by Gasteiger charge is 2.68. The first-order valence-electron chi connectivity index (χ1n) is 19.1. The number of hydrogen-bond donors (Lipinski definition) is 1. The second-order valence-electron chi connectivity index (χ2n) is 15.6. The third kappa shape index (κ3) is 5.16. The van der Waals surface area contributed by atoms with Crippen molar-refractivity contribution in [1.29, 1.82) is 0 Å². The number of rotatable bonds is 7. The van der Waals surface area contributed by atoms with Crippen LogP contribution < -0.4 is 14.5 Å². The summed E-state index contributed by atoms with van der Waals surface area (Å²) >= 11 is 7.90. The van der Waals surface area contributed by atoms with E-state index in [1.54, 1.807) is 47.3 Å². The predicted molar refractivity (Wildman–Crippen MR) is 216 cm³/mol. The van der Waals surface area contributed by atoms with Crippen LogP contribution in [0, 0.1) is 36.0 Å². The van der Waals surface area contributed by atoms with E-state index in [1.807, 2.05) is 76.2 Å². The van der Waals surface area contributed by atoms with Gasteiger partial charge in [-0.25, -0.2) is 4.90 Å². The van der Waals surface area contributed by atoms with Gasteiger partial charge in [-0.2, -0.15) is 5.10 Å². The molecule has 286 valence electrons. The number of halogens is 1. The van der Waals surface area contributed by atoms with Gasteiger partial charge >= 0.3 is 0 Å². The van der Waals surface area contributed by atoms with Gasteiger partial charge in [-0.05, 0) is 110 Å². The van der Waals surface area contributed by atoms with Crippen LogP contribution in [0.15, 0.2) is 78.4 Å². The molecule has 5 aromatic rings. The van der Waals surface area contributed by atoms with Crippen LogP contribution in [-0.2, 0) is 32.6 Å². The molecule has 0 radical (unpaired) electrons. The van der Waals surface area contributed by atoms with Crippen molar-refractivity contribution in [2.45, 2.75) is 52.9 Å². The molecule has 4 heterocycles. The number of carbonyl (C=O) groups excluding carboxylic acids is 4. The van der Waals surface area contributed by atoms with Crippen LogP contribution in [0.2, 0.25) is 5.02 Å². The molecule has 0 bridgehead atoms. The number of allylic oxidation sites excluding steroid dienone is 2. The van der Waals surface area contributed by atoms with Gasteiger partial charge in [0.2, 0.25) is 23.6 Å². The molecule has 2 aromatic heterocycles. The Bertz CT molecular complexity index is 2540. The average Bonchev–Trinajstić information content (AvgIpc) is 3.86. The number of amides is 4. The molecule has 0 spiro atoms. The van der Waals surface area contributed by atoms with Gasteiger partial charge in [0.15, 0.2) is 11.5 Å². The zero-order valence-electron chi connectivity index (χ0n) is 31.7. The number of hydrogen-bond acceptors (Lipinski definition) is 8. The lowest BCUT2D eigenvalue weighted by atomic mass is 9.51. The zero-order chi connectivity index (χ0) is 39.4. The Morgan fingerprint density at radius 3 is 2.45 bits per heavy atom. The summed E-state index contributed by atoms with van der Waals surface area (Å²) in [5.41, 5.74) is 3.54. The van der Waals surface area contributed by atoms with E-state index >= 15 is 4.79 Å². The quantitative estimate of drug-likeness (QED) is 0.130. The molecule has 10 nitrogen and oxygen atoms in total. The summed E-state index contributed by atoms with van der Waals surface area (Å²) in [6, 6.07) is 20.1. The summed E-state index contributed by atoms with van der Waals surface area (Å²) in [6.45, 7) is 8.04. The number of nitrogens with zero attached hydrogens (tertiary/aromatic N) is 4. The van der Waals surface area contributed by atoms with Crippen molar-refractivity contribution in [1.82, 2.24) is 9.78 Å². The molecule has 2 aliphatic carbocycles. The van der Waals surface area contributed by atoms with Crippen molar-refractivity contribution in [2.75, 3.05) is 16.4 Å². The second kappa shape index (κ2) is 13.2. The highest BCUT2D eigenvalue weighted by Crippen LogP contribution is 2.64. The Balaban J connectivity index is 1.15. The smallest absolute Gasteiger partial charge is 0.242 e. The second-order valence-corrected chi connectivity index (χ2v) is 17.1. The van der Waals surface area contributed by atoms with Crippen LogP contribution in [0.1, 0.15) is 56.2 Å². The number of ether oxygens (including phenoxy) is 1. The topological polar surface area (TPSA) is 122 Å². The van der Waals surface area contributed by atoms with Crippen molar-refractivity contribution in [3.8, 4) is 22.1 Å². The molecule has 2 aliphatic heterocycles.